The first-order chi connectivity index (χ1) is 11.8. The van der Waals surface area contributed by atoms with Crippen LogP contribution < -0.4 is 0 Å². The third-order valence-corrected chi connectivity index (χ3v) is 5.29. The van der Waals surface area contributed by atoms with E-state index < -0.39 is 0 Å². The number of aromatic nitrogens is 3. The van der Waals surface area contributed by atoms with E-state index in [0.717, 1.165) is 43.8 Å². The minimum absolute atomic E-state index is 0.174. The molecule has 0 unspecified atom stereocenters. The summed E-state index contributed by atoms with van der Waals surface area (Å²) in [7, 11) is 0. The summed E-state index contributed by atoms with van der Waals surface area (Å²) in [4.78, 5) is 17.8. The van der Waals surface area contributed by atoms with Crippen molar-refractivity contribution < 1.29 is 9.21 Å². The van der Waals surface area contributed by atoms with E-state index in [4.69, 9.17) is 4.42 Å². The molecule has 6 nitrogen and oxygen atoms in total. The fourth-order valence-electron chi connectivity index (χ4n) is 4.00. The normalized spacial score (nSPS) is 21.7. The lowest BCUT2D eigenvalue weighted by molar-refractivity contribution is -0.132. The molecule has 1 aliphatic carbocycles. The standard InChI is InChI=1S/C18H24N4O2/c23-17(22-12-4-8-15(22)14-7-3-11-19-14)10-9-16-20-21-18(24-16)13-5-1-2-6-13/h3,7,11,13,15,19H,1-2,4-6,8-10,12H2/t15-/m1/s1. The van der Waals surface area contributed by atoms with Crippen molar-refractivity contribution in [3.63, 3.8) is 0 Å². The number of amides is 1. The topological polar surface area (TPSA) is 75.0 Å². The zero-order chi connectivity index (χ0) is 16.4. The number of hydrogen-bond donors (Lipinski definition) is 1. The monoisotopic (exact) mass is 328 g/mol. The van der Waals surface area contributed by atoms with Crippen molar-refractivity contribution in [1.82, 2.24) is 20.1 Å². The van der Waals surface area contributed by atoms with Gasteiger partial charge in [-0.15, -0.1) is 10.2 Å². The maximum Gasteiger partial charge on any atom is 0.223 e. The maximum absolute atomic E-state index is 12.6. The van der Waals surface area contributed by atoms with Crippen LogP contribution in [-0.2, 0) is 11.2 Å². The Morgan fingerprint density at radius 2 is 2.12 bits per heavy atom. The number of nitrogens with zero attached hydrogens (tertiary/aromatic N) is 3. The summed E-state index contributed by atoms with van der Waals surface area (Å²) in [6.07, 6.45) is 9.75. The Labute approximate surface area is 141 Å². The number of likely N-dealkylation sites (tertiary alicyclic amines) is 1. The molecule has 1 amide bonds. The van der Waals surface area contributed by atoms with Gasteiger partial charge >= 0.3 is 0 Å². The molecular formula is C18H24N4O2. The lowest BCUT2D eigenvalue weighted by atomic mass is 10.1. The molecule has 1 saturated carbocycles. The van der Waals surface area contributed by atoms with Crippen molar-refractivity contribution in [3.8, 4) is 0 Å². The van der Waals surface area contributed by atoms with Gasteiger partial charge in [-0.25, -0.2) is 0 Å². The Kier molecular flexibility index (Phi) is 4.36. The average Bonchev–Trinajstić information content (AvgIpc) is 3.40. The van der Waals surface area contributed by atoms with Gasteiger partial charge in [-0.3, -0.25) is 4.79 Å². The van der Waals surface area contributed by atoms with Crippen molar-refractivity contribution in [2.45, 2.75) is 63.3 Å². The highest BCUT2D eigenvalue weighted by Gasteiger charge is 2.30. The molecule has 24 heavy (non-hydrogen) atoms. The van der Waals surface area contributed by atoms with Crippen LogP contribution in [0.4, 0.5) is 0 Å². The number of rotatable bonds is 5. The second-order valence-electron chi connectivity index (χ2n) is 6.89. The zero-order valence-electron chi connectivity index (χ0n) is 13.9. The Bertz CT molecular complexity index is 673. The highest BCUT2D eigenvalue weighted by atomic mass is 16.4. The van der Waals surface area contributed by atoms with E-state index in [2.05, 4.69) is 21.2 Å². The quantitative estimate of drug-likeness (QED) is 0.913. The number of hydrogen-bond acceptors (Lipinski definition) is 4. The van der Waals surface area contributed by atoms with Gasteiger partial charge < -0.3 is 14.3 Å². The van der Waals surface area contributed by atoms with E-state index in [9.17, 15) is 4.79 Å². The number of aryl methyl sites for hydroxylation is 1. The smallest absolute Gasteiger partial charge is 0.223 e. The van der Waals surface area contributed by atoms with Gasteiger partial charge in [0, 0.05) is 37.2 Å². The van der Waals surface area contributed by atoms with Crippen LogP contribution >= 0.6 is 0 Å². The summed E-state index contributed by atoms with van der Waals surface area (Å²) in [5.74, 6) is 1.96. The first kappa shape index (κ1) is 15.4. The number of carbonyl (C=O) groups is 1. The summed E-state index contributed by atoms with van der Waals surface area (Å²) < 4.78 is 5.78. The molecule has 0 aromatic carbocycles. The Hall–Kier alpha value is -2.11. The van der Waals surface area contributed by atoms with Crippen LogP contribution in [0.25, 0.3) is 0 Å². The second kappa shape index (κ2) is 6.79. The summed E-state index contributed by atoms with van der Waals surface area (Å²) in [6, 6.07) is 4.23. The van der Waals surface area contributed by atoms with Crippen LogP contribution in [0.2, 0.25) is 0 Å². The van der Waals surface area contributed by atoms with Gasteiger partial charge in [-0.05, 0) is 37.8 Å². The Morgan fingerprint density at radius 1 is 1.25 bits per heavy atom. The molecule has 1 atom stereocenters. The number of nitrogens with one attached hydrogen (secondary N) is 1. The first-order valence-corrected chi connectivity index (χ1v) is 9.06. The van der Waals surface area contributed by atoms with E-state index >= 15 is 0 Å². The Balaban J connectivity index is 1.34. The van der Waals surface area contributed by atoms with Gasteiger partial charge in [0.05, 0.1) is 6.04 Å². The number of aromatic amines is 1. The van der Waals surface area contributed by atoms with Crippen molar-refractivity contribution in [2.24, 2.45) is 0 Å². The maximum atomic E-state index is 12.6. The largest absolute Gasteiger partial charge is 0.425 e. The van der Waals surface area contributed by atoms with E-state index in [1.54, 1.807) is 0 Å². The summed E-state index contributed by atoms with van der Waals surface area (Å²) in [5, 5.41) is 8.32. The van der Waals surface area contributed by atoms with Crippen LogP contribution in [0.3, 0.4) is 0 Å². The molecule has 2 fully saturated rings. The van der Waals surface area contributed by atoms with Gasteiger partial charge in [0.1, 0.15) is 0 Å². The minimum atomic E-state index is 0.174. The average molecular weight is 328 g/mol. The predicted octanol–water partition coefficient (Wildman–Crippen LogP) is 3.35. The molecule has 1 aliphatic heterocycles. The van der Waals surface area contributed by atoms with Gasteiger partial charge in [-0.2, -0.15) is 0 Å². The molecule has 2 aliphatic rings. The number of H-pyrrole nitrogens is 1. The highest BCUT2D eigenvalue weighted by Crippen LogP contribution is 2.34. The van der Waals surface area contributed by atoms with E-state index in [1.165, 1.54) is 12.8 Å². The van der Waals surface area contributed by atoms with Gasteiger partial charge in [-0.1, -0.05) is 12.8 Å². The SMILES string of the molecule is O=C(CCc1nnc(C2CCCC2)o1)N1CCC[C@@H]1c1ccc[nH]1. The van der Waals surface area contributed by atoms with Crippen LogP contribution in [0.5, 0.6) is 0 Å². The molecule has 1 saturated heterocycles. The Morgan fingerprint density at radius 3 is 2.92 bits per heavy atom. The molecule has 0 bridgehead atoms. The fraction of sp³-hybridized carbons (Fsp3) is 0.611. The summed E-state index contributed by atoms with van der Waals surface area (Å²) in [5.41, 5.74) is 1.13. The molecule has 3 heterocycles. The van der Waals surface area contributed by atoms with Crippen LogP contribution in [0, 0.1) is 0 Å². The molecule has 0 radical (unpaired) electrons. The van der Waals surface area contributed by atoms with Crippen LogP contribution in [0.1, 0.15) is 74.4 Å². The first-order valence-electron chi connectivity index (χ1n) is 9.06. The van der Waals surface area contributed by atoms with Crippen molar-refractivity contribution in [1.29, 1.82) is 0 Å². The number of carbonyl (C=O) groups excluding carboxylic acids is 1. The third-order valence-electron chi connectivity index (χ3n) is 5.29. The lowest BCUT2D eigenvalue weighted by Gasteiger charge is -2.23. The zero-order valence-corrected chi connectivity index (χ0v) is 13.9. The van der Waals surface area contributed by atoms with Crippen LogP contribution in [-0.4, -0.2) is 32.5 Å². The van der Waals surface area contributed by atoms with Crippen molar-refractivity contribution >= 4 is 5.91 Å². The summed E-state index contributed by atoms with van der Waals surface area (Å²) >= 11 is 0. The molecule has 2 aromatic rings. The molecule has 2 aromatic heterocycles. The van der Waals surface area contributed by atoms with E-state index in [-0.39, 0.29) is 11.9 Å². The summed E-state index contributed by atoms with van der Waals surface area (Å²) in [6.45, 7) is 0.833. The minimum Gasteiger partial charge on any atom is -0.425 e. The molecule has 0 spiro atoms. The molecule has 1 N–H and O–H groups in total. The molecule has 6 heteroatoms. The van der Waals surface area contributed by atoms with E-state index in [1.807, 2.05) is 17.2 Å². The van der Waals surface area contributed by atoms with Crippen LogP contribution in [0.15, 0.2) is 22.7 Å². The lowest BCUT2D eigenvalue weighted by Crippen LogP contribution is -2.30. The third kappa shape index (κ3) is 3.09. The van der Waals surface area contributed by atoms with Crippen molar-refractivity contribution in [3.05, 3.63) is 35.8 Å². The predicted molar refractivity (Wildman–Crippen MR) is 88.3 cm³/mol. The van der Waals surface area contributed by atoms with E-state index in [0.29, 0.717) is 24.7 Å². The molecule has 128 valence electrons. The highest BCUT2D eigenvalue weighted by molar-refractivity contribution is 5.77. The van der Waals surface area contributed by atoms with Gasteiger partial charge in [0.15, 0.2) is 0 Å². The van der Waals surface area contributed by atoms with Gasteiger partial charge in [0.25, 0.3) is 0 Å². The van der Waals surface area contributed by atoms with Gasteiger partial charge in [0.2, 0.25) is 17.7 Å². The fourth-order valence-corrected chi connectivity index (χ4v) is 4.00. The molecule has 4 rings (SSSR count). The van der Waals surface area contributed by atoms with Crippen molar-refractivity contribution in [2.75, 3.05) is 6.54 Å². The second-order valence-corrected chi connectivity index (χ2v) is 6.89. The molecular weight excluding hydrogens is 304 g/mol.